The molecule has 0 saturated carbocycles. The van der Waals surface area contributed by atoms with Crippen molar-refractivity contribution in [3.8, 4) is 0 Å². The van der Waals surface area contributed by atoms with Crippen molar-refractivity contribution in [1.29, 1.82) is 0 Å². The van der Waals surface area contributed by atoms with Crippen LogP contribution in [0.4, 0.5) is 0 Å². The van der Waals surface area contributed by atoms with Crippen LogP contribution in [0.25, 0.3) is 0 Å². The maximum absolute atomic E-state index is 5.98. The van der Waals surface area contributed by atoms with E-state index in [1.807, 2.05) is 6.07 Å². The van der Waals surface area contributed by atoms with E-state index in [9.17, 15) is 0 Å². The highest BCUT2D eigenvalue weighted by molar-refractivity contribution is 6.30. The molecule has 1 N–H and O–H groups in total. The molecule has 1 aliphatic heterocycles. The van der Waals surface area contributed by atoms with E-state index in [-0.39, 0.29) is 0 Å². The molecule has 0 bridgehead atoms. The fourth-order valence-electron chi connectivity index (χ4n) is 2.52. The average Bonchev–Trinajstić information content (AvgIpc) is 2.82. The molecule has 1 unspecified atom stereocenters. The molecule has 1 atom stereocenters. The van der Waals surface area contributed by atoms with Crippen LogP contribution in [-0.4, -0.2) is 18.9 Å². The Labute approximate surface area is 94.4 Å². The van der Waals surface area contributed by atoms with E-state index in [2.05, 4.69) is 22.4 Å². The summed E-state index contributed by atoms with van der Waals surface area (Å²) in [5.74, 6) is 1.66. The Kier molecular flexibility index (Phi) is 2.17. The molecule has 15 heavy (non-hydrogen) atoms. The summed E-state index contributed by atoms with van der Waals surface area (Å²) in [5, 5.41) is 4.21. The van der Waals surface area contributed by atoms with Crippen LogP contribution < -0.4 is 5.32 Å². The number of amidine groups is 1. The number of rotatable bonds is 1. The fourth-order valence-corrected chi connectivity index (χ4v) is 2.71. The van der Waals surface area contributed by atoms with Gasteiger partial charge in [0, 0.05) is 17.5 Å². The summed E-state index contributed by atoms with van der Waals surface area (Å²) in [5.41, 5.74) is 2.80. The highest BCUT2D eigenvalue weighted by Gasteiger charge is 2.27. The zero-order chi connectivity index (χ0) is 10.3. The van der Waals surface area contributed by atoms with Gasteiger partial charge in [0.15, 0.2) is 0 Å². The van der Waals surface area contributed by atoms with Crippen LogP contribution in [0.1, 0.15) is 23.5 Å². The highest BCUT2D eigenvalue weighted by atomic mass is 35.5. The Morgan fingerprint density at radius 3 is 3.13 bits per heavy atom. The number of aliphatic imine (C=N–C) groups is 1. The van der Waals surface area contributed by atoms with Gasteiger partial charge in [0.2, 0.25) is 0 Å². The molecule has 0 radical (unpaired) electrons. The summed E-state index contributed by atoms with van der Waals surface area (Å²) in [6.07, 6.45) is 2.29. The lowest BCUT2D eigenvalue weighted by molar-refractivity contribution is 0.821. The van der Waals surface area contributed by atoms with Crippen LogP contribution in [0.5, 0.6) is 0 Å². The van der Waals surface area contributed by atoms with E-state index >= 15 is 0 Å². The van der Waals surface area contributed by atoms with E-state index in [1.54, 1.807) is 0 Å². The predicted molar refractivity (Wildman–Crippen MR) is 62.8 cm³/mol. The molecule has 3 heteroatoms. The SMILES string of the molecule is Clc1ccc2c(c1)CCC2C1=NCCN1. The van der Waals surface area contributed by atoms with Gasteiger partial charge in [-0.05, 0) is 36.1 Å². The lowest BCUT2D eigenvalue weighted by Crippen LogP contribution is -2.24. The largest absolute Gasteiger partial charge is 0.371 e. The van der Waals surface area contributed by atoms with Crippen molar-refractivity contribution in [2.24, 2.45) is 4.99 Å². The molecule has 1 aromatic carbocycles. The number of aryl methyl sites for hydroxylation is 1. The smallest absolute Gasteiger partial charge is 0.104 e. The number of nitrogens with zero attached hydrogens (tertiary/aromatic N) is 1. The van der Waals surface area contributed by atoms with Crippen LogP contribution in [0.3, 0.4) is 0 Å². The van der Waals surface area contributed by atoms with Crippen LogP contribution in [0, 0.1) is 0 Å². The summed E-state index contributed by atoms with van der Waals surface area (Å²) in [6, 6.07) is 6.22. The predicted octanol–water partition coefficient (Wildman–Crippen LogP) is 2.37. The number of benzene rings is 1. The van der Waals surface area contributed by atoms with Crippen molar-refractivity contribution < 1.29 is 0 Å². The van der Waals surface area contributed by atoms with Crippen LogP contribution in [0.2, 0.25) is 5.02 Å². The van der Waals surface area contributed by atoms with Gasteiger partial charge in [0.25, 0.3) is 0 Å². The van der Waals surface area contributed by atoms with Gasteiger partial charge in [-0.3, -0.25) is 4.99 Å². The Morgan fingerprint density at radius 2 is 2.33 bits per heavy atom. The molecule has 2 aliphatic rings. The quantitative estimate of drug-likeness (QED) is 0.772. The van der Waals surface area contributed by atoms with Gasteiger partial charge in [-0.25, -0.2) is 0 Å². The summed E-state index contributed by atoms with van der Waals surface area (Å²) >= 11 is 5.98. The van der Waals surface area contributed by atoms with Crippen LogP contribution in [-0.2, 0) is 6.42 Å². The zero-order valence-electron chi connectivity index (χ0n) is 8.46. The minimum absolute atomic E-state index is 0.486. The Hall–Kier alpha value is -1.02. The van der Waals surface area contributed by atoms with E-state index in [0.717, 1.165) is 24.5 Å². The third kappa shape index (κ3) is 1.53. The second kappa shape index (κ2) is 3.53. The summed E-state index contributed by atoms with van der Waals surface area (Å²) in [7, 11) is 0. The van der Waals surface area contributed by atoms with E-state index in [1.165, 1.54) is 23.4 Å². The Balaban J connectivity index is 1.97. The van der Waals surface area contributed by atoms with E-state index in [0.29, 0.717) is 5.92 Å². The fraction of sp³-hybridized carbons (Fsp3) is 0.417. The number of hydrogen-bond donors (Lipinski definition) is 1. The Bertz CT molecular complexity index is 426. The monoisotopic (exact) mass is 220 g/mol. The number of nitrogens with one attached hydrogen (secondary N) is 1. The van der Waals surface area contributed by atoms with Gasteiger partial charge in [-0.2, -0.15) is 0 Å². The molecule has 1 aromatic rings. The first kappa shape index (κ1) is 9.22. The molecule has 0 spiro atoms. The lowest BCUT2D eigenvalue weighted by Gasteiger charge is -2.12. The van der Waals surface area contributed by atoms with Gasteiger partial charge < -0.3 is 5.32 Å². The van der Waals surface area contributed by atoms with Gasteiger partial charge >= 0.3 is 0 Å². The normalized spacial score (nSPS) is 23.5. The van der Waals surface area contributed by atoms with Gasteiger partial charge in [0.05, 0.1) is 6.54 Å². The van der Waals surface area contributed by atoms with Crippen LogP contribution >= 0.6 is 11.6 Å². The summed E-state index contributed by atoms with van der Waals surface area (Å²) < 4.78 is 0. The van der Waals surface area contributed by atoms with Crippen molar-refractivity contribution in [2.45, 2.75) is 18.8 Å². The molecular weight excluding hydrogens is 208 g/mol. The number of halogens is 1. The number of fused-ring (bicyclic) bond motifs is 1. The van der Waals surface area contributed by atoms with E-state index in [4.69, 9.17) is 11.6 Å². The zero-order valence-corrected chi connectivity index (χ0v) is 9.22. The van der Waals surface area contributed by atoms with Crippen molar-refractivity contribution in [3.63, 3.8) is 0 Å². The van der Waals surface area contributed by atoms with E-state index < -0.39 is 0 Å². The van der Waals surface area contributed by atoms with Crippen molar-refractivity contribution in [3.05, 3.63) is 34.3 Å². The van der Waals surface area contributed by atoms with Crippen molar-refractivity contribution in [2.75, 3.05) is 13.1 Å². The molecule has 0 fully saturated rings. The second-order valence-electron chi connectivity index (χ2n) is 4.13. The molecule has 2 nitrogen and oxygen atoms in total. The molecule has 3 rings (SSSR count). The van der Waals surface area contributed by atoms with Gasteiger partial charge in [-0.15, -0.1) is 0 Å². The highest BCUT2D eigenvalue weighted by Crippen LogP contribution is 2.35. The standard InChI is InChI=1S/C12H13ClN2/c13-9-2-4-10-8(7-9)1-3-11(10)12-14-5-6-15-12/h2,4,7,11H,1,3,5-6H2,(H,14,15). The minimum Gasteiger partial charge on any atom is -0.371 e. The van der Waals surface area contributed by atoms with Gasteiger partial charge in [0.1, 0.15) is 5.84 Å². The number of hydrogen-bond acceptors (Lipinski definition) is 2. The topological polar surface area (TPSA) is 24.4 Å². The molecule has 0 aromatic heterocycles. The third-order valence-electron chi connectivity index (χ3n) is 3.21. The second-order valence-corrected chi connectivity index (χ2v) is 4.56. The van der Waals surface area contributed by atoms with Crippen molar-refractivity contribution in [1.82, 2.24) is 5.32 Å². The first-order valence-electron chi connectivity index (χ1n) is 5.41. The molecule has 1 aliphatic carbocycles. The Morgan fingerprint density at radius 1 is 1.40 bits per heavy atom. The average molecular weight is 221 g/mol. The minimum atomic E-state index is 0.486. The molecule has 78 valence electrons. The van der Waals surface area contributed by atoms with Gasteiger partial charge in [-0.1, -0.05) is 17.7 Å². The first-order chi connectivity index (χ1) is 7.34. The van der Waals surface area contributed by atoms with Crippen LogP contribution in [0.15, 0.2) is 23.2 Å². The third-order valence-corrected chi connectivity index (χ3v) is 3.45. The molecule has 0 amide bonds. The molecule has 1 heterocycles. The molecule has 0 saturated heterocycles. The lowest BCUT2D eigenvalue weighted by atomic mass is 10.0. The van der Waals surface area contributed by atoms with Crippen molar-refractivity contribution >= 4 is 17.4 Å². The first-order valence-corrected chi connectivity index (χ1v) is 5.79. The summed E-state index contributed by atoms with van der Waals surface area (Å²) in [4.78, 5) is 4.51. The maximum Gasteiger partial charge on any atom is 0.104 e. The summed E-state index contributed by atoms with van der Waals surface area (Å²) in [6.45, 7) is 1.92. The maximum atomic E-state index is 5.98. The molecular formula is C12H13ClN2.